The molecule has 0 spiro atoms. The monoisotopic (exact) mass is 286 g/mol. The molecule has 1 aliphatic carbocycles. The maximum absolute atomic E-state index is 10.2. The molecule has 5 nitrogen and oxygen atoms in total. The Morgan fingerprint density at radius 3 is 2.45 bits per heavy atom. The second-order valence-corrected chi connectivity index (χ2v) is 5.79. The largest absolute Gasteiger partial charge is 0.394 e. The molecular formula is C15H26O5. The molecule has 5 heteroatoms. The Morgan fingerprint density at radius 1 is 1.15 bits per heavy atom. The molecule has 1 saturated carbocycles. The van der Waals surface area contributed by atoms with Crippen molar-refractivity contribution in [2.75, 3.05) is 6.61 Å². The average molecular weight is 286 g/mol. The Bertz CT molecular complexity index is 303. The van der Waals surface area contributed by atoms with Gasteiger partial charge in [0.05, 0.1) is 18.8 Å². The first-order chi connectivity index (χ1) is 9.67. The third-order valence-corrected chi connectivity index (χ3v) is 4.33. The van der Waals surface area contributed by atoms with E-state index in [2.05, 4.69) is 6.58 Å². The van der Waals surface area contributed by atoms with Gasteiger partial charge in [-0.2, -0.15) is 0 Å². The van der Waals surface area contributed by atoms with Gasteiger partial charge in [0.1, 0.15) is 12.2 Å². The first-order valence-electron chi connectivity index (χ1n) is 7.56. The minimum Gasteiger partial charge on any atom is -0.394 e. The Morgan fingerprint density at radius 2 is 1.85 bits per heavy atom. The normalized spacial score (nSPS) is 39.6. The number of allylic oxidation sites excluding steroid dienone is 1. The van der Waals surface area contributed by atoms with Gasteiger partial charge in [0.25, 0.3) is 0 Å². The van der Waals surface area contributed by atoms with E-state index < -0.39 is 24.6 Å². The van der Waals surface area contributed by atoms with E-state index in [9.17, 15) is 15.3 Å². The number of ether oxygens (including phenoxy) is 2. The maximum Gasteiger partial charge on any atom is 0.164 e. The van der Waals surface area contributed by atoms with Crippen LogP contribution in [0, 0.1) is 5.92 Å². The summed E-state index contributed by atoms with van der Waals surface area (Å²) >= 11 is 0. The maximum atomic E-state index is 10.2. The van der Waals surface area contributed by atoms with Crippen molar-refractivity contribution in [3.63, 3.8) is 0 Å². The molecule has 0 unspecified atom stereocenters. The van der Waals surface area contributed by atoms with Crippen molar-refractivity contribution in [3.05, 3.63) is 12.7 Å². The van der Waals surface area contributed by atoms with E-state index in [0.717, 1.165) is 25.7 Å². The molecule has 1 saturated heterocycles. The number of hydrogen-bond acceptors (Lipinski definition) is 5. The molecule has 2 fully saturated rings. The minimum absolute atomic E-state index is 0.142. The van der Waals surface area contributed by atoms with Gasteiger partial charge in [-0.1, -0.05) is 25.3 Å². The Hall–Kier alpha value is -0.460. The number of aliphatic hydroxyl groups is 3. The van der Waals surface area contributed by atoms with E-state index in [-0.39, 0.29) is 18.6 Å². The lowest BCUT2D eigenvalue weighted by Crippen LogP contribution is -2.56. The van der Waals surface area contributed by atoms with Gasteiger partial charge < -0.3 is 24.8 Å². The highest BCUT2D eigenvalue weighted by atomic mass is 16.7. The van der Waals surface area contributed by atoms with Gasteiger partial charge in [-0.15, -0.1) is 6.58 Å². The van der Waals surface area contributed by atoms with Crippen molar-refractivity contribution < 1.29 is 24.8 Å². The lowest BCUT2D eigenvalue weighted by Gasteiger charge is -2.43. The van der Waals surface area contributed by atoms with Crippen LogP contribution in [0.2, 0.25) is 0 Å². The SMILES string of the molecule is C=CC[C@H]1[C@@H](OC2CCCCC2)O[C@H](CO)[C@@H](O)[C@@H]1O. The number of aliphatic hydroxyl groups excluding tert-OH is 3. The Balaban J connectivity index is 2.02. The summed E-state index contributed by atoms with van der Waals surface area (Å²) in [5.74, 6) is -0.341. The molecule has 0 bridgehead atoms. The van der Waals surface area contributed by atoms with E-state index in [1.54, 1.807) is 6.08 Å². The predicted molar refractivity (Wildman–Crippen MR) is 74.0 cm³/mol. The number of rotatable bonds is 5. The fourth-order valence-electron chi connectivity index (χ4n) is 3.11. The third-order valence-electron chi connectivity index (χ3n) is 4.33. The predicted octanol–water partition coefficient (Wildman–Crippen LogP) is 0.967. The van der Waals surface area contributed by atoms with E-state index in [0.29, 0.717) is 6.42 Å². The fraction of sp³-hybridized carbons (Fsp3) is 0.867. The van der Waals surface area contributed by atoms with Crippen LogP contribution in [0.5, 0.6) is 0 Å². The molecule has 2 rings (SSSR count). The zero-order valence-electron chi connectivity index (χ0n) is 11.9. The molecule has 0 amide bonds. The van der Waals surface area contributed by atoms with Gasteiger partial charge in [0.15, 0.2) is 6.29 Å². The van der Waals surface area contributed by atoms with Crippen LogP contribution >= 0.6 is 0 Å². The molecule has 1 aliphatic heterocycles. The van der Waals surface area contributed by atoms with Crippen molar-refractivity contribution in [3.8, 4) is 0 Å². The second kappa shape index (κ2) is 7.52. The molecular weight excluding hydrogens is 260 g/mol. The van der Waals surface area contributed by atoms with Crippen LogP contribution < -0.4 is 0 Å². The zero-order chi connectivity index (χ0) is 14.5. The zero-order valence-corrected chi connectivity index (χ0v) is 11.9. The van der Waals surface area contributed by atoms with Crippen molar-refractivity contribution >= 4 is 0 Å². The summed E-state index contributed by atoms with van der Waals surface area (Å²) in [5.41, 5.74) is 0. The van der Waals surface area contributed by atoms with Crippen LogP contribution in [0.15, 0.2) is 12.7 Å². The molecule has 0 aromatic rings. The summed E-state index contributed by atoms with van der Waals surface area (Å²) in [6.45, 7) is 3.35. The highest BCUT2D eigenvalue weighted by molar-refractivity contribution is 4.92. The highest BCUT2D eigenvalue weighted by Crippen LogP contribution is 2.32. The van der Waals surface area contributed by atoms with Gasteiger partial charge in [-0.25, -0.2) is 0 Å². The second-order valence-electron chi connectivity index (χ2n) is 5.79. The number of hydrogen-bond donors (Lipinski definition) is 3. The molecule has 0 aromatic carbocycles. The van der Waals surface area contributed by atoms with Gasteiger partial charge in [-0.3, -0.25) is 0 Å². The van der Waals surface area contributed by atoms with Crippen molar-refractivity contribution in [2.45, 2.75) is 69.2 Å². The van der Waals surface area contributed by atoms with Crippen LogP contribution in [0.3, 0.4) is 0 Å². The van der Waals surface area contributed by atoms with E-state index in [1.165, 1.54) is 6.42 Å². The fourth-order valence-corrected chi connectivity index (χ4v) is 3.11. The van der Waals surface area contributed by atoms with Crippen molar-refractivity contribution in [1.82, 2.24) is 0 Å². The molecule has 116 valence electrons. The van der Waals surface area contributed by atoms with Crippen molar-refractivity contribution in [2.24, 2.45) is 5.92 Å². The minimum atomic E-state index is -1.09. The van der Waals surface area contributed by atoms with Crippen molar-refractivity contribution in [1.29, 1.82) is 0 Å². The standard InChI is InChI=1S/C15H26O5/c1-2-6-11-13(17)14(18)12(9-16)20-15(11)19-10-7-4-3-5-8-10/h2,10-18H,1,3-9H2/t11-,12-,13-,14-,15+/m1/s1. The first-order valence-corrected chi connectivity index (χ1v) is 7.56. The van der Waals surface area contributed by atoms with Gasteiger partial charge >= 0.3 is 0 Å². The van der Waals surface area contributed by atoms with Crippen LogP contribution in [0.1, 0.15) is 38.5 Å². The topological polar surface area (TPSA) is 79.2 Å². The Labute approximate surface area is 120 Å². The quantitative estimate of drug-likeness (QED) is 0.656. The van der Waals surface area contributed by atoms with E-state index >= 15 is 0 Å². The van der Waals surface area contributed by atoms with Gasteiger partial charge in [0, 0.05) is 5.92 Å². The molecule has 2 aliphatic rings. The van der Waals surface area contributed by atoms with Crippen LogP contribution in [0.25, 0.3) is 0 Å². The van der Waals surface area contributed by atoms with Gasteiger partial charge in [0.2, 0.25) is 0 Å². The van der Waals surface area contributed by atoms with Crippen LogP contribution in [0.4, 0.5) is 0 Å². The Kier molecular flexibility index (Phi) is 5.99. The lowest BCUT2D eigenvalue weighted by atomic mass is 9.88. The summed E-state index contributed by atoms with van der Waals surface area (Å²) in [5, 5.41) is 29.4. The summed E-state index contributed by atoms with van der Waals surface area (Å²) in [4.78, 5) is 0. The average Bonchev–Trinajstić information content (AvgIpc) is 2.47. The lowest BCUT2D eigenvalue weighted by molar-refractivity contribution is -0.298. The third kappa shape index (κ3) is 3.59. The van der Waals surface area contributed by atoms with E-state index in [4.69, 9.17) is 9.47 Å². The highest BCUT2D eigenvalue weighted by Gasteiger charge is 2.44. The smallest absolute Gasteiger partial charge is 0.164 e. The van der Waals surface area contributed by atoms with Crippen LogP contribution in [-0.2, 0) is 9.47 Å². The molecule has 5 atom stereocenters. The summed E-state index contributed by atoms with van der Waals surface area (Å²) in [6.07, 6.45) is 4.46. The van der Waals surface area contributed by atoms with Gasteiger partial charge in [-0.05, 0) is 19.3 Å². The first kappa shape index (κ1) is 15.9. The summed E-state index contributed by atoms with van der Waals surface area (Å²) in [6, 6.07) is 0. The molecule has 0 radical (unpaired) electrons. The molecule has 0 aromatic heterocycles. The van der Waals surface area contributed by atoms with E-state index in [1.807, 2.05) is 0 Å². The summed E-state index contributed by atoms with van der Waals surface area (Å²) < 4.78 is 11.7. The molecule has 20 heavy (non-hydrogen) atoms. The molecule has 3 N–H and O–H groups in total. The molecule has 1 heterocycles. The summed E-state index contributed by atoms with van der Waals surface area (Å²) in [7, 11) is 0. The van der Waals surface area contributed by atoms with Crippen LogP contribution in [-0.4, -0.2) is 52.6 Å².